The molecule has 15 heteroatoms. The Morgan fingerprint density at radius 2 is 1.94 bits per heavy atom. The largest absolute Gasteiger partial charge is 0.444 e. The molecule has 12 nitrogen and oxygen atoms in total. The fourth-order valence-electron chi connectivity index (χ4n) is 7.17. The second kappa shape index (κ2) is 13.7. The molecule has 1 aromatic carbocycles. The maximum Gasteiger partial charge on any atom is 0.410 e. The van der Waals surface area contributed by atoms with E-state index in [1.54, 1.807) is 13.8 Å². The van der Waals surface area contributed by atoms with Gasteiger partial charge in [0, 0.05) is 25.3 Å². The number of ether oxygens (including phenoxy) is 1. The predicted molar refractivity (Wildman–Crippen MR) is 180 cm³/mol. The van der Waals surface area contributed by atoms with Crippen molar-refractivity contribution in [3.05, 3.63) is 53.6 Å². The first-order valence-corrected chi connectivity index (χ1v) is 18.8. The van der Waals surface area contributed by atoms with Crippen LogP contribution in [-0.4, -0.2) is 90.0 Å². The molecule has 1 aromatic rings. The Bertz CT molecular complexity index is 1700. The van der Waals surface area contributed by atoms with Gasteiger partial charge in [0.2, 0.25) is 21.8 Å². The summed E-state index contributed by atoms with van der Waals surface area (Å²) in [5, 5.41) is 4.77. The number of nitrogens with zero attached hydrogens (tertiary/aromatic N) is 2. The number of allylic oxidation sites excluding steroid dienone is 1. The van der Waals surface area contributed by atoms with Gasteiger partial charge in [0.1, 0.15) is 17.7 Å². The number of carbonyl (C=O) groups excluding carboxylic acids is 4. The molecule has 4 amide bonds. The molecule has 3 heterocycles. The maximum atomic E-state index is 15.1. The van der Waals surface area contributed by atoms with Crippen molar-refractivity contribution in [3.63, 3.8) is 0 Å². The Balaban J connectivity index is 1.27. The molecule has 6 rings (SSSR count). The van der Waals surface area contributed by atoms with E-state index in [9.17, 15) is 27.6 Å². The van der Waals surface area contributed by atoms with Crippen molar-refractivity contribution in [1.82, 2.24) is 25.2 Å². The molecule has 2 saturated carbocycles. The fraction of sp³-hybridized carbons (Fsp3) is 0.600. The molecule has 5 aliphatic rings. The first-order chi connectivity index (χ1) is 23.6. The molecular formula is C35H45F2N5O7S. The van der Waals surface area contributed by atoms with Gasteiger partial charge in [-0.1, -0.05) is 50.3 Å². The van der Waals surface area contributed by atoms with Gasteiger partial charge in [-0.05, 0) is 54.7 Å². The Morgan fingerprint density at radius 1 is 1.18 bits per heavy atom. The zero-order valence-electron chi connectivity index (χ0n) is 28.3. The van der Waals surface area contributed by atoms with Gasteiger partial charge in [-0.15, -0.1) is 6.58 Å². The molecular weight excluding hydrogens is 672 g/mol. The molecule has 0 spiro atoms. The second-order valence-electron chi connectivity index (χ2n) is 14.5. The monoisotopic (exact) mass is 717 g/mol. The van der Waals surface area contributed by atoms with Crippen LogP contribution < -0.4 is 15.4 Å². The van der Waals surface area contributed by atoms with Crippen molar-refractivity contribution in [2.24, 2.45) is 11.8 Å². The third-order valence-electron chi connectivity index (χ3n) is 10.4. The van der Waals surface area contributed by atoms with E-state index in [0.717, 1.165) is 16.7 Å². The fourth-order valence-corrected chi connectivity index (χ4v) is 8.53. The Morgan fingerprint density at radius 3 is 2.62 bits per heavy atom. The summed E-state index contributed by atoms with van der Waals surface area (Å²) >= 11 is 0. The average molecular weight is 718 g/mol. The van der Waals surface area contributed by atoms with Gasteiger partial charge in [0.25, 0.3) is 11.8 Å². The Kier molecular flexibility index (Phi) is 9.85. The first kappa shape index (κ1) is 36.0. The number of benzene rings is 1. The predicted octanol–water partition coefficient (Wildman–Crippen LogP) is 3.22. The molecule has 5 atom stereocenters. The van der Waals surface area contributed by atoms with Crippen molar-refractivity contribution >= 4 is 39.9 Å². The lowest BCUT2D eigenvalue weighted by Crippen LogP contribution is -2.59. The van der Waals surface area contributed by atoms with Crippen LogP contribution in [0, 0.1) is 11.8 Å². The van der Waals surface area contributed by atoms with Crippen LogP contribution in [0.4, 0.5) is 13.6 Å². The zero-order chi connectivity index (χ0) is 36.0. The number of hydrogen-bond acceptors (Lipinski definition) is 8. The van der Waals surface area contributed by atoms with Crippen LogP contribution in [0.15, 0.2) is 36.9 Å². The molecule has 3 fully saturated rings. The molecule has 0 unspecified atom stereocenters. The van der Waals surface area contributed by atoms with E-state index in [1.165, 1.54) is 15.9 Å². The summed E-state index contributed by atoms with van der Waals surface area (Å²) in [5.41, 5.74) is 1.16. The van der Waals surface area contributed by atoms with Gasteiger partial charge in [0.05, 0.1) is 30.9 Å². The number of amides is 4. The molecule has 3 aliphatic heterocycles. The van der Waals surface area contributed by atoms with Gasteiger partial charge in [0.15, 0.2) is 0 Å². The lowest BCUT2D eigenvalue weighted by Gasteiger charge is -2.32. The number of alkyl halides is 2. The van der Waals surface area contributed by atoms with Crippen LogP contribution in [0.3, 0.4) is 0 Å². The highest BCUT2D eigenvalue weighted by Gasteiger charge is 2.62. The summed E-state index contributed by atoms with van der Waals surface area (Å²) in [6.07, 6.45) is 4.75. The van der Waals surface area contributed by atoms with Gasteiger partial charge in [-0.3, -0.25) is 29.3 Å². The minimum atomic E-state index is -3.92. The van der Waals surface area contributed by atoms with Crippen LogP contribution in [0.5, 0.6) is 0 Å². The summed E-state index contributed by atoms with van der Waals surface area (Å²) in [6.45, 7) is 6.76. The highest BCUT2D eigenvalue weighted by molar-refractivity contribution is 7.91. The highest BCUT2D eigenvalue weighted by Crippen LogP contribution is 2.45. The van der Waals surface area contributed by atoms with E-state index in [0.29, 0.717) is 25.8 Å². The molecule has 0 aromatic heterocycles. The van der Waals surface area contributed by atoms with Gasteiger partial charge in [-0.25, -0.2) is 22.0 Å². The number of fused-ring (bicyclic) bond motifs is 3. The van der Waals surface area contributed by atoms with Crippen LogP contribution in [0.1, 0.15) is 75.5 Å². The first-order valence-electron chi connectivity index (χ1n) is 17.3. The van der Waals surface area contributed by atoms with E-state index in [2.05, 4.69) is 21.9 Å². The molecule has 272 valence electrons. The van der Waals surface area contributed by atoms with Gasteiger partial charge in [-0.2, -0.15) is 0 Å². The summed E-state index contributed by atoms with van der Waals surface area (Å²) in [7, 11) is -3.92. The van der Waals surface area contributed by atoms with Crippen LogP contribution >= 0.6 is 0 Å². The third kappa shape index (κ3) is 7.43. The SMILES string of the molecule is C=C[C@@H]1C[C@]1(NC(=O)[C@@H]1C[C@@H]2CN1C(=O)[C@H](C(C)C)NCC(F)(F)CCC/C=C\c1cccc3c1CN(C3)C(=O)O2)C(=O)NS(=O)(=O)C1CC1. The van der Waals surface area contributed by atoms with E-state index in [1.807, 2.05) is 30.4 Å². The molecule has 3 N–H and O–H groups in total. The van der Waals surface area contributed by atoms with Gasteiger partial charge < -0.3 is 15.0 Å². The van der Waals surface area contributed by atoms with Gasteiger partial charge >= 0.3 is 6.09 Å². The summed E-state index contributed by atoms with van der Waals surface area (Å²) in [4.78, 5) is 57.8. The Labute approximate surface area is 291 Å². The minimum Gasteiger partial charge on any atom is -0.444 e. The van der Waals surface area contributed by atoms with E-state index >= 15 is 8.78 Å². The highest BCUT2D eigenvalue weighted by atomic mass is 32.2. The summed E-state index contributed by atoms with van der Waals surface area (Å²) in [6, 6.07) is 3.36. The number of rotatable bonds is 7. The number of nitrogens with one attached hydrogen (secondary N) is 3. The molecule has 50 heavy (non-hydrogen) atoms. The molecule has 4 bridgehead atoms. The average Bonchev–Trinajstić information content (AvgIpc) is 3.94. The standard InChI is InChI=1S/C35H45F2N5O7S/c1-4-24-16-35(24,32(45)40-50(47,48)26-12-13-26)39-30(43)28-15-25-18-42(28)31(44)29(21(2)3)38-20-34(36,37)14-7-5-6-9-22-10-8-11-23-17-41(19-27(22)23)33(46)49-25/h4,6,8-11,21,24-26,28-29,38H,1,5,7,12-20H2,2-3H3,(H,39,43)(H,40,45)/b9-6-/t24-,25-,28+,29+,35-/m1/s1. The maximum absolute atomic E-state index is 15.1. The van der Waals surface area contributed by atoms with E-state index < -0.39 is 93.5 Å². The number of halogens is 2. The molecule has 2 aliphatic carbocycles. The topological polar surface area (TPSA) is 154 Å². The smallest absolute Gasteiger partial charge is 0.410 e. The number of carbonyl (C=O) groups is 4. The quantitative estimate of drug-likeness (QED) is 0.364. The van der Waals surface area contributed by atoms with Crippen molar-refractivity contribution in [2.45, 2.75) is 107 Å². The van der Waals surface area contributed by atoms with E-state index in [4.69, 9.17) is 4.74 Å². The Hall–Kier alpha value is -3.85. The number of hydrogen-bond donors (Lipinski definition) is 3. The normalized spacial score (nSPS) is 30.5. The lowest BCUT2D eigenvalue weighted by atomic mass is 10.0. The third-order valence-corrected chi connectivity index (χ3v) is 12.2. The van der Waals surface area contributed by atoms with E-state index in [-0.39, 0.29) is 32.4 Å². The lowest BCUT2D eigenvalue weighted by molar-refractivity contribution is -0.142. The molecule has 0 radical (unpaired) electrons. The summed E-state index contributed by atoms with van der Waals surface area (Å²) in [5.74, 6) is -6.38. The number of sulfonamides is 1. The van der Waals surface area contributed by atoms with Crippen molar-refractivity contribution in [1.29, 1.82) is 0 Å². The van der Waals surface area contributed by atoms with Crippen LogP contribution in [0.25, 0.3) is 6.08 Å². The van der Waals surface area contributed by atoms with Crippen LogP contribution in [0.2, 0.25) is 0 Å². The van der Waals surface area contributed by atoms with Crippen LogP contribution in [-0.2, 0) is 42.2 Å². The summed E-state index contributed by atoms with van der Waals surface area (Å²) < 4.78 is 63.3. The molecule has 1 saturated heterocycles. The minimum absolute atomic E-state index is 0.102. The van der Waals surface area contributed by atoms with Crippen molar-refractivity contribution in [2.75, 3.05) is 13.1 Å². The second-order valence-corrected chi connectivity index (χ2v) is 16.5. The van der Waals surface area contributed by atoms with Crippen molar-refractivity contribution < 1.29 is 41.1 Å². The van der Waals surface area contributed by atoms with Crippen molar-refractivity contribution in [3.8, 4) is 0 Å². The zero-order valence-corrected chi connectivity index (χ0v) is 29.1.